The van der Waals surface area contributed by atoms with Crippen LogP contribution in [0, 0.1) is 0 Å². The maximum atomic E-state index is 12.8. The molecule has 1 amide bonds. The Morgan fingerprint density at radius 1 is 1.04 bits per heavy atom. The third-order valence-electron chi connectivity index (χ3n) is 4.51. The van der Waals surface area contributed by atoms with Crippen LogP contribution in [0.15, 0.2) is 65.2 Å². The fourth-order valence-corrected chi connectivity index (χ4v) is 3.09. The highest BCUT2D eigenvalue weighted by molar-refractivity contribution is 5.86. The second-order valence-corrected chi connectivity index (χ2v) is 6.21. The summed E-state index contributed by atoms with van der Waals surface area (Å²) < 4.78 is 5.30. The molecule has 0 radical (unpaired) electrons. The molecule has 0 aliphatic rings. The van der Waals surface area contributed by atoms with Crippen molar-refractivity contribution in [3.05, 3.63) is 72.1 Å². The van der Waals surface area contributed by atoms with Gasteiger partial charge in [-0.05, 0) is 31.2 Å². The molecule has 0 fully saturated rings. The van der Waals surface area contributed by atoms with Gasteiger partial charge >= 0.3 is 0 Å². The summed E-state index contributed by atoms with van der Waals surface area (Å²) in [4.78, 5) is 19.2. The Hall–Kier alpha value is -3.21. The van der Waals surface area contributed by atoms with Crippen molar-refractivity contribution in [1.82, 2.24) is 15.0 Å². The average Bonchev–Trinajstić information content (AvgIpc) is 3.09. The van der Waals surface area contributed by atoms with Crippen molar-refractivity contribution in [2.24, 2.45) is 0 Å². The van der Waals surface area contributed by atoms with Gasteiger partial charge in [-0.3, -0.25) is 9.78 Å². The minimum atomic E-state index is 0.0153. The summed E-state index contributed by atoms with van der Waals surface area (Å²) in [6.07, 6.45) is 0.221. The second-order valence-electron chi connectivity index (χ2n) is 6.21. The van der Waals surface area contributed by atoms with Crippen LogP contribution in [0.25, 0.3) is 21.9 Å². The minimum Gasteiger partial charge on any atom is -0.356 e. The number of fused-ring (bicyclic) bond motifs is 2. The lowest BCUT2D eigenvalue weighted by molar-refractivity contribution is -0.131. The van der Waals surface area contributed by atoms with E-state index in [0.29, 0.717) is 24.4 Å². The number of carbonyl (C=O) groups excluding carboxylic acids is 1. The van der Waals surface area contributed by atoms with E-state index in [4.69, 9.17) is 4.52 Å². The number of benzene rings is 2. The number of carbonyl (C=O) groups is 1. The zero-order chi connectivity index (χ0) is 17.9. The topological polar surface area (TPSA) is 59.2 Å². The maximum Gasteiger partial charge on any atom is 0.229 e. The molecule has 0 bridgehead atoms. The van der Waals surface area contributed by atoms with Gasteiger partial charge in [-0.25, -0.2) is 0 Å². The second kappa shape index (κ2) is 6.96. The lowest BCUT2D eigenvalue weighted by Crippen LogP contribution is -2.32. The number of rotatable bonds is 5. The van der Waals surface area contributed by atoms with Gasteiger partial charge in [0.2, 0.25) is 5.91 Å². The quantitative estimate of drug-likeness (QED) is 0.549. The zero-order valence-electron chi connectivity index (χ0n) is 14.6. The number of likely N-dealkylation sites (N-methyl/N-ethyl adjacent to an activating group) is 1. The fourth-order valence-electron chi connectivity index (χ4n) is 3.09. The van der Waals surface area contributed by atoms with Crippen LogP contribution in [-0.2, 0) is 17.8 Å². The van der Waals surface area contributed by atoms with Crippen molar-refractivity contribution in [1.29, 1.82) is 0 Å². The smallest absolute Gasteiger partial charge is 0.229 e. The number of nitrogens with zero attached hydrogens (tertiary/aromatic N) is 3. The minimum absolute atomic E-state index is 0.0153. The van der Waals surface area contributed by atoms with E-state index in [1.165, 1.54) is 0 Å². The van der Waals surface area contributed by atoms with Crippen LogP contribution < -0.4 is 0 Å². The standard InChI is InChI=1S/C21H19N3O2/c1-2-24(14-16-12-11-15-7-3-5-9-18(15)22-16)21(25)13-19-17-8-4-6-10-20(17)26-23-19/h3-12H,2,13-14H2,1H3. The molecule has 4 rings (SSSR count). The van der Waals surface area contributed by atoms with E-state index in [9.17, 15) is 4.79 Å². The molecular weight excluding hydrogens is 326 g/mol. The summed E-state index contributed by atoms with van der Waals surface area (Å²) in [7, 11) is 0. The van der Waals surface area contributed by atoms with Crippen LogP contribution >= 0.6 is 0 Å². The molecule has 0 atom stereocenters. The number of pyridine rings is 1. The third-order valence-corrected chi connectivity index (χ3v) is 4.51. The van der Waals surface area contributed by atoms with Crippen molar-refractivity contribution in [2.75, 3.05) is 6.54 Å². The Morgan fingerprint density at radius 2 is 1.85 bits per heavy atom. The number of aromatic nitrogens is 2. The van der Waals surface area contributed by atoms with Gasteiger partial charge in [-0.2, -0.15) is 0 Å². The molecule has 26 heavy (non-hydrogen) atoms. The van der Waals surface area contributed by atoms with Gasteiger partial charge in [-0.15, -0.1) is 0 Å². The highest BCUT2D eigenvalue weighted by Crippen LogP contribution is 2.19. The summed E-state index contributed by atoms with van der Waals surface area (Å²) in [6, 6.07) is 19.6. The van der Waals surface area contributed by atoms with Gasteiger partial charge in [0.1, 0.15) is 5.69 Å². The van der Waals surface area contributed by atoms with E-state index in [1.807, 2.05) is 67.6 Å². The number of hydrogen-bond acceptors (Lipinski definition) is 4. The Labute approximate surface area is 151 Å². The van der Waals surface area contributed by atoms with Crippen molar-refractivity contribution in [3.8, 4) is 0 Å². The van der Waals surface area contributed by atoms with E-state index in [0.717, 1.165) is 22.0 Å². The molecule has 0 aliphatic carbocycles. The molecule has 0 unspecified atom stereocenters. The molecule has 2 aromatic carbocycles. The van der Waals surface area contributed by atoms with Gasteiger partial charge in [0.25, 0.3) is 0 Å². The monoisotopic (exact) mass is 345 g/mol. The molecule has 0 saturated carbocycles. The van der Waals surface area contributed by atoms with Crippen molar-refractivity contribution in [2.45, 2.75) is 19.9 Å². The molecule has 2 aromatic heterocycles. The van der Waals surface area contributed by atoms with E-state index >= 15 is 0 Å². The summed E-state index contributed by atoms with van der Waals surface area (Å²) in [5, 5.41) is 6.05. The van der Waals surface area contributed by atoms with Crippen LogP contribution in [-0.4, -0.2) is 27.5 Å². The van der Waals surface area contributed by atoms with Crippen molar-refractivity contribution in [3.63, 3.8) is 0 Å². The highest BCUT2D eigenvalue weighted by atomic mass is 16.5. The maximum absolute atomic E-state index is 12.8. The number of amides is 1. The largest absolute Gasteiger partial charge is 0.356 e. The van der Waals surface area contributed by atoms with Gasteiger partial charge in [0.05, 0.1) is 24.2 Å². The first-order valence-corrected chi connectivity index (χ1v) is 8.70. The van der Waals surface area contributed by atoms with Crippen molar-refractivity contribution >= 4 is 27.8 Å². The predicted octanol–water partition coefficient (Wildman–Crippen LogP) is 3.97. The summed E-state index contributed by atoms with van der Waals surface area (Å²) in [6.45, 7) is 3.07. The van der Waals surface area contributed by atoms with Crippen LogP contribution in [0.2, 0.25) is 0 Å². The zero-order valence-corrected chi connectivity index (χ0v) is 14.6. The molecule has 5 nitrogen and oxygen atoms in total. The average molecular weight is 345 g/mol. The summed E-state index contributed by atoms with van der Waals surface area (Å²) in [5.74, 6) is 0.0153. The highest BCUT2D eigenvalue weighted by Gasteiger charge is 2.17. The van der Waals surface area contributed by atoms with Crippen LogP contribution in [0.5, 0.6) is 0 Å². The van der Waals surface area contributed by atoms with Crippen LogP contribution in [0.3, 0.4) is 0 Å². The first-order valence-electron chi connectivity index (χ1n) is 8.70. The molecule has 0 N–H and O–H groups in total. The Balaban J connectivity index is 1.53. The van der Waals surface area contributed by atoms with E-state index in [-0.39, 0.29) is 12.3 Å². The lowest BCUT2D eigenvalue weighted by atomic mass is 10.1. The number of para-hydroxylation sites is 2. The van der Waals surface area contributed by atoms with Crippen LogP contribution in [0.4, 0.5) is 0 Å². The van der Waals surface area contributed by atoms with Crippen LogP contribution in [0.1, 0.15) is 18.3 Å². The predicted molar refractivity (Wildman–Crippen MR) is 101 cm³/mol. The van der Waals surface area contributed by atoms with Gasteiger partial charge in [-0.1, -0.05) is 41.6 Å². The first kappa shape index (κ1) is 16.3. The Kier molecular flexibility index (Phi) is 4.35. The Bertz CT molecular complexity index is 1070. The summed E-state index contributed by atoms with van der Waals surface area (Å²) in [5.41, 5.74) is 3.20. The van der Waals surface area contributed by atoms with Gasteiger partial charge in [0, 0.05) is 17.3 Å². The van der Waals surface area contributed by atoms with E-state index < -0.39 is 0 Å². The Morgan fingerprint density at radius 3 is 2.73 bits per heavy atom. The van der Waals surface area contributed by atoms with E-state index in [1.54, 1.807) is 4.90 Å². The molecule has 5 heteroatoms. The van der Waals surface area contributed by atoms with E-state index in [2.05, 4.69) is 10.1 Å². The molecule has 0 spiro atoms. The SMILES string of the molecule is CCN(Cc1ccc2ccccc2n1)C(=O)Cc1noc2ccccc12. The number of hydrogen-bond donors (Lipinski definition) is 0. The fraction of sp³-hybridized carbons (Fsp3) is 0.190. The molecule has 4 aromatic rings. The lowest BCUT2D eigenvalue weighted by Gasteiger charge is -2.20. The first-order chi connectivity index (χ1) is 12.7. The van der Waals surface area contributed by atoms with Gasteiger partial charge in [0.15, 0.2) is 5.58 Å². The molecular formula is C21H19N3O2. The third kappa shape index (κ3) is 3.16. The normalized spacial score (nSPS) is 11.1. The molecule has 0 aliphatic heterocycles. The molecule has 130 valence electrons. The molecule has 0 saturated heterocycles. The van der Waals surface area contributed by atoms with Gasteiger partial charge < -0.3 is 9.42 Å². The summed E-state index contributed by atoms with van der Waals surface area (Å²) >= 11 is 0. The molecule has 2 heterocycles. The van der Waals surface area contributed by atoms with Crippen molar-refractivity contribution < 1.29 is 9.32 Å².